The molecule has 0 aliphatic rings. The third-order valence-electron chi connectivity index (χ3n) is 3.61. The van der Waals surface area contributed by atoms with E-state index in [4.69, 9.17) is 4.74 Å². The van der Waals surface area contributed by atoms with Crippen molar-refractivity contribution in [3.8, 4) is 5.75 Å². The van der Waals surface area contributed by atoms with Gasteiger partial charge in [-0.1, -0.05) is 25.5 Å². The summed E-state index contributed by atoms with van der Waals surface area (Å²) in [5.41, 5.74) is -4.74. The maximum atomic E-state index is 12.4. The van der Waals surface area contributed by atoms with Crippen molar-refractivity contribution in [3.05, 3.63) is 29.8 Å². The van der Waals surface area contributed by atoms with Gasteiger partial charge in [0.25, 0.3) is 0 Å². The maximum absolute atomic E-state index is 12.4. The zero-order chi connectivity index (χ0) is 20.5. The Kier molecular flexibility index (Phi) is 9.04. The normalized spacial score (nSPS) is 13.2. The quantitative estimate of drug-likeness (QED) is 0.239. The zero-order valence-corrected chi connectivity index (χ0v) is 15.9. The predicted octanol–water partition coefficient (Wildman–Crippen LogP) is 3.60. The lowest BCUT2D eigenvalue weighted by atomic mass is 10.1. The molecule has 0 N–H and O–H groups in total. The molecule has 0 radical (unpaired) electrons. The SMILES string of the molecule is CCCCOc1ccc(CCCC(OS(=O)(=O)C(F)(F)F)C(=O)OC)cc1. The molecule has 0 saturated carbocycles. The molecule has 6 nitrogen and oxygen atoms in total. The summed E-state index contributed by atoms with van der Waals surface area (Å²) in [4.78, 5) is 11.5. The van der Waals surface area contributed by atoms with Gasteiger partial charge in [0, 0.05) is 0 Å². The minimum atomic E-state index is -5.88. The summed E-state index contributed by atoms with van der Waals surface area (Å²) in [6.07, 6.45) is 0.513. The Bertz CT molecular complexity index is 686. The smallest absolute Gasteiger partial charge is 0.494 e. The molecule has 0 spiro atoms. The Labute approximate surface area is 156 Å². The third-order valence-corrected chi connectivity index (χ3v) is 4.66. The summed E-state index contributed by atoms with van der Waals surface area (Å²) >= 11 is 0. The second-order valence-corrected chi connectivity index (χ2v) is 7.31. The van der Waals surface area contributed by atoms with Crippen molar-refractivity contribution in [2.24, 2.45) is 0 Å². The Balaban J connectivity index is 2.60. The van der Waals surface area contributed by atoms with Gasteiger partial charge < -0.3 is 9.47 Å². The van der Waals surface area contributed by atoms with Crippen molar-refractivity contribution >= 4 is 16.1 Å². The summed E-state index contributed by atoms with van der Waals surface area (Å²) in [7, 11) is -4.94. The molecule has 0 bridgehead atoms. The van der Waals surface area contributed by atoms with E-state index in [1.165, 1.54) is 0 Å². The van der Waals surface area contributed by atoms with Crippen LogP contribution in [0.1, 0.15) is 38.2 Å². The number of alkyl halides is 3. The number of aryl methyl sites for hydroxylation is 1. The zero-order valence-electron chi connectivity index (χ0n) is 15.1. The summed E-state index contributed by atoms with van der Waals surface area (Å²) in [6, 6.07) is 7.13. The molecule has 0 amide bonds. The lowest BCUT2D eigenvalue weighted by Crippen LogP contribution is -2.34. The van der Waals surface area contributed by atoms with Crippen LogP contribution in [-0.4, -0.2) is 39.7 Å². The van der Waals surface area contributed by atoms with Crippen LogP contribution in [0.5, 0.6) is 5.75 Å². The first-order valence-electron chi connectivity index (χ1n) is 8.40. The highest BCUT2D eigenvalue weighted by atomic mass is 32.2. The fourth-order valence-corrected chi connectivity index (χ4v) is 2.71. The van der Waals surface area contributed by atoms with E-state index in [1.54, 1.807) is 24.3 Å². The van der Waals surface area contributed by atoms with E-state index in [2.05, 4.69) is 15.8 Å². The minimum absolute atomic E-state index is 0.225. The number of methoxy groups -OCH3 is 1. The van der Waals surface area contributed by atoms with Gasteiger partial charge in [-0.25, -0.2) is 8.98 Å². The van der Waals surface area contributed by atoms with E-state index in [0.29, 0.717) is 18.8 Å². The number of ether oxygens (including phenoxy) is 2. The molecule has 1 aromatic rings. The van der Waals surface area contributed by atoms with Crippen LogP contribution in [0.2, 0.25) is 0 Å². The topological polar surface area (TPSA) is 78.9 Å². The van der Waals surface area contributed by atoms with Crippen molar-refractivity contribution in [1.82, 2.24) is 0 Å². The van der Waals surface area contributed by atoms with E-state index in [1.807, 2.05) is 0 Å². The molecule has 0 fully saturated rings. The van der Waals surface area contributed by atoms with Gasteiger partial charge in [-0.2, -0.15) is 21.6 Å². The van der Waals surface area contributed by atoms with Crippen LogP contribution >= 0.6 is 0 Å². The molecule has 0 aliphatic carbocycles. The van der Waals surface area contributed by atoms with Gasteiger partial charge in [0.05, 0.1) is 13.7 Å². The third kappa shape index (κ3) is 7.76. The van der Waals surface area contributed by atoms with Crippen LogP contribution in [-0.2, 0) is 30.3 Å². The standard InChI is InChI=1S/C17H23F3O6S/c1-3-4-12-25-14-10-8-13(9-11-14)6-5-7-15(16(21)24-2)26-27(22,23)17(18,19)20/h8-11,15H,3-7,12H2,1-2H3. The number of carbonyl (C=O) groups is 1. The number of esters is 1. The monoisotopic (exact) mass is 412 g/mol. The second kappa shape index (κ2) is 10.5. The van der Waals surface area contributed by atoms with Crippen molar-refractivity contribution in [1.29, 1.82) is 0 Å². The number of halogens is 3. The Morgan fingerprint density at radius 1 is 1.15 bits per heavy atom. The lowest BCUT2D eigenvalue weighted by molar-refractivity contribution is -0.149. The largest absolute Gasteiger partial charge is 0.523 e. The van der Waals surface area contributed by atoms with Crippen molar-refractivity contribution < 1.29 is 40.0 Å². The number of hydrogen-bond acceptors (Lipinski definition) is 6. The van der Waals surface area contributed by atoms with Gasteiger partial charge in [-0.15, -0.1) is 0 Å². The highest BCUT2D eigenvalue weighted by molar-refractivity contribution is 7.87. The summed E-state index contributed by atoms with van der Waals surface area (Å²) in [5, 5.41) is 0. The maximum Gasteiger partial charge on any atom is 0.523 e. The molecule has 1 aromatic carbocycles. The first-order chi connectivity index (χ1) is 12.6. The average molecular weight is 412 g/mol. The van der Waals surface area contributed by atoms with Crippen LogP contribution in [0, 0.1) is 0 Å². The van der Waals surface area contributed by atoms with Crippen molar-refractivity contribution in [3.63, 3.8) is 0 Å². The van der Waals surface area contributed by atoms with E-state index in [9.17, 15) is 26.4 Å². The fourth-order valence-electron chi connectivity index (χ4n) is 2.12. The molecule has 0 heterocycles. The first-order valence-corrected chi connectivity index (χ1v) is 9.80. The van der Waals surface area contributed by atoms with Gasteiger partial charge in [-0.3, -0.25) is 0 Å². The molecule has 1 unspecified atom stereocenters. The minimum Gasteiger partial charge on any atom is -0.494 e. The van der Waals surface area contributed by atoms with Crippen molar-refractivity contribution in [2.75, 3.05) is 13.7 Å². The Morgan fingerprint density at radius 2 is 1.78 bits per heavy atom. The number of carbonyl (C=O) groups excluding carboxylic acids is 1. The molecule has 0 aromatic heterocycles. The van der Waals surface area contributed by atoms with Gasteiger partial charge in [0.15, 0.2) is 6.10 Å². The fraction of sp³-hybridized carbons (Fsp3) is 0.588. The van der Waals surface area contributed by atoms with E-state index < -0.39 is 27.7 Å². The van der Waals surface area contributed by atoms with Crippen LogP contribution in [0.15, 0.2) is 24.3 Å². The molecule has 0 aliphatic heterocycles. The van der Waals surface area contributed by atoms with Crippen LogP contribution in [0.4, 0.5) is 13.2 Å². The number of rotatable bonds is 11. The molecule has 0 saturated heterocycles. The molecular weight excluding hydrogens is 389 g/mol. The molecule has 1 rings (SSSR count). The van der Waals surface area contributed by atoms with Gasteiger partial charge in [0.1, 0.15) is 5.75 Å². The lowest BCUT2D eigenvalue weighted by Gasteiger charge is -2.16. The highest BCUT2D eigenvalue weighted by Crippen LogP contribution is 2.27. The predicted molar refractivity (Wildman–Crippen MR) is 91.6 cm³/mol. The highest BCUT2D eigenvalue weighted by Gasteiger charge is 2.49. The Morgan fingerprint density at radius 3 is 2.30 bits per heavy atom. The van der Waals surface area contributed by atoms with Gasteiger partial charge in [-0.05, 0) is 43.4 Å². The number of hydrogen-bond donors (Lipinski definition) is 0. The van der Waals surface area contributed by atoms with Crippen LogP contribution in [0.3, 0.4) is 0 Å². The summed E-state index contributed by atoms with van der Waals surface area (Å²) in [6.45, 7) is 2.67. The molecule has 154 valence electrons. The molecule has 1 atom stereocenters. The van der Waals surface area contributed by atoms with Gasteiger partial charge in [0.2, 0.25) is 0 Å². The molecule has 10 heteroatoms. The van der Waals surface area contributed by atoms with E-state index in [0.717, 1.165) is 25.5 Å². The number of benzene rings is 1. The van der Waals surface area contributed by atoms with Crippen LogP contribution in [0.25, 0.3) is 0 Å². The van der Waals surface area contributed by atoms with Gasteiger partial charge >= 0.3 is 21.6 Å². The summed E-state index contributed by atoms with van der Waals surface area (Å²) < 4.78 is 73.3. The van der Waals surface area contributed by atoms with E-state index >= 15 is 0 Å². The van der Waals surface area contributed by atoms with E-state index in [-0.39, 0.29) is 12.8 Å². The Hall–Kier alpha value is -1.81. The average Bonchev–Trinajstić information content (AvgIpc) is 2.60. The van der Waals surface area contributed by atoms with Crippen molar-refractivity contribution in [2.45, 2.75) is 50.6 Å². The second-order valence-electron chi connectivity index (χ2n) is 5.75. The first kappa shape index (κ1) is 23.2. The molecular formula is C17H23F3O6S. The summed E-state index contributed by atoms with van der Waals surface area (Å²) in [5.74, 6) is -0.471. The molecule has 27 heavy (non-hydrogen) atoms. The van der Waals surface area contributed by atoms with Crippen LogP contribution < -0.4 is 4.74 Å². The number of unbranched alkanes of at least 4 members (excludes halogenated alkanes) is 1.